The molecule has 0 saturated carbocycles. The highest BCUT2D eigenvalue weighted by molar-refractivity contribution is 6.31. The van der Waals surface area contributed by atoms with Crippen molar-refractivity contribution in [1.82, 2.24) is 10.2 Å². The molecule has 20 heavy (non-hydrogen) atoms. The molecule has 4 heteroatoms. The van der Waals surface area contributed by atoms with Crippen LogP contribution in [0.3, 0.4) is 0 Å². The van der Waals surface area contributed by atoms with Gasteiger partial charge in [-0.05, 0) is 43.9 Å². The number of hydrogen-bond donors (Lipinski definition) is 1. The lowest BCUT2D eigenvalue weighted by Gasteiger charge is -2.35. The van der Waals surface area contributed by atoms with Gasteiger partial charge in [0.2, 0.25) is 5.91 Å². The topological polar surface area (TPSA) is 32.3 Å². The number of likely N-dealkylation sites (N-methyl/N-ethyl adjacent to an activating group) is 1. The Morgan fingerprint density at radius 2 is 2.15 bits per heavy atom. The number of rotatable bonds is 3. The monoisotopic (exact) mass is 294 g/mol. The van der Waals surface area contributed by atoms with E-state index in [0.717, 1.165) is 24.9 Å². The van der Waals surface area contributed by atoms with Crippen molar-refractivity contribution in [3.05, 3.63) is 34.9 Å². The van der Waals surface area contributed by atoms with Gasteiger partial charge in [-0.2, -0.15) is 0 Å². The predicted octanol–water partition coefficient (Wildman–Crippen LogP) is 3.25. The van der Waals surface area contributed by atoms with Gasteiger partial charge in [0.15, 0.2) is 0 Å². The predicted molar refractivity (Wildman–Crippen MR) is 82.8 cm³/mol. The van der Waals surface area contributed by atoms with Crippen LogP contribution >= 0.6 is 11.6 Å². The summed E-state index contributed by atoms with van der Waals surface area (Å²) in [6, 6.07) is 7.62. The maximum atomic E-state index is 12.7. The number of halogens is 1. The van der Waals surface area contributed by atoms with Crippen LogP contribution in [0.1, 0.15) is 38.3 Å². The van der Waals surface area contributed by atoms with Crippen molar-refractivity contribution >= 4 is 17.5 Å². The summed E-state index contributed by atoms with van der Waals surface area (Å²) < 4.78 is 0. The molecule has 3 nitrogen and oxygen atoms in total. The highest BCUT2D eigenvalue weighted by Gasteiger charge is 2.31. The summed E-state index contributed by atoms with van der Waals surface area (Å²) in [6.45, 7) is 5.09. The van der Waals surface area contributed by atoms with Crippen molar-refractivity contribution in [3.8, 4) is 0 Å². The second kappa shape index (κ2) is 6.59. The van der Waals surface area contributed by atoms with Crippen molar-refractivity contribution in [2.75, 3.05) is 13.6 Å². The molecule has 1 aliphatic heterocycles. The van der Waals surface area contributed by atoms with Crippen LogP contribution in [0.2, 0.25) is 5.02 Å². The Balaban J connectivity index is 2.12. The van der Waals surface area contributed by atoms with Crippen LogP contribution in [0.25, 0.3) is 0 Å². The molecular weight excluding hydrogens is 272 g/mol. The van der Waals surface area contributed by atoms with E-state index >= 15 is 0 Å². The Labute approximate surface area is 126 Å². The summed E-state index contributed by atoms with van der Waals surface area (Å²) >= 11 is 6.23. The summed E-state index contributed by atoms with van der Waals surface area (Å²) in [5, 5.41) is 4.06. The van der Waals surface area contributed by atoms with E-state index in [0.29, 0.717) is 10.9 Å². The van der Waals surface area contributed by atoms with E-state index in [1.165, 1.54) is 0 Å². The molecule has 2 rings (SSSR count). The number of carbonyl (C=O) groups excluding carboxylic acids is 1. The Kier molecular flexibility index (Phi) is 5.06. The first kappa shape index (κ1) is 15.3. The van der Waals surface area contributed by atoms with Gasteiger partial charge >= 0.3 is 0 Å². The van der Waals surface area contributed by atoms with Crippen LogP contribution in [0, 0.1) is 5.92 Å². The molecule has 3 atom stereocenters. The van der Waals surface area contributed by atoms with Crippen LogP contribution < -0.4 is 5.32 Å². The standard InChI is InChI=1S/C16H23ClN2O/c1-11-7-6-10-18-15(11)16(20)19(3)12(2)13-8-4-5-9-14(13)17/h4-5,8-9,11-12,15,18H,6-7,10H2,1-3H3. The van der Waals surface area contributed by atoms with Crippen molar-refractivity contribution < 1.29 is 4.79 Å². The Hall–Kier alpha value is -1.06. The molecule has 0 aliphatic carbocycles. The van der Waals surface area contributed by atoms with E-state index in [1.807, 2.05) is 38.2 Å². The molecule has 0 spiro atoms. The quantitative estimate of drug-likeness (QED) is 0.928. The Morgan fingerprint density at radius 1 is 1.45 bits per heavy atom. The molecule has 1 amide bonds. The van der Waals surface area contributed by atoms with Crippen LogP contribution in [-0.4, -0.2) is 30.4 Å². The number of benzene rings is 1. The van der Waals surface area contributed by atoms with Crippen molar-refractivity contribution in [2.24, 2.45) is 5.92 Å². The molecule has 0 aromatic heterocycles. The minimum Gasteiger partial charge on any atom is -0.338 e. The normalized spacial score (nSPS) is 24.2. The molecule has 1 aliphatic rings. The van der Waals surface area contributed by atoms with Gasteiger partial charge in [-0.15, -0.1) is 0 Å². The zero-order chi connectivity index (χ0) is 14.7. The zero-order valence-electron chi connectivity index (χ0n) is 12.4. The molecular formula is C16H23ClN2O. The Morgan fingerprint density at radius 3 is 2.80 bits per heavy atom. The molecule has 0 bridgehead atoms. The van der Waals surface area contributed by atoms with Gasteiger partial charge in [0.25, 0.3) is 0 Å². The average Bonchev–Trinajstić information content (AvgIpc) is 2.46. The van der Waals surface area contributed by atoms with Crippen molar-refractivity contribution in [2.45, 2.75) is 38.8 Å². The third-order valence-corrected chi connectivity index (χ3v) is 4.66. The SMILES string of the molecule is CC1CCCNC1C(=O)N(C)C(C)c1ccccc1Cl. The lowest BCUT2D eigenvalue weighted by Crippen LogP contribution is -2.51. The smallest absolute Gasteiger partial charge is 0.240 e. The lowest BCUT2D eigenvalue weighted by atomic mass is 9.91. The molecule has 1 heterocycles. The van der Waals surface area contributed by atoms with Gasteiger partial charge in [-0.1, -0.05) is 36.7 Å². The van der Waals surface area contributed by atoms with Gasteiger partial charge in [-0.3, -0.25) is 4.79 Å². The Bertz CT molecular complexity index is 477. The zero-order valence-corrected chi connectivity index (χ0v) is 13.2. The van der Waals surface area contributed by atoms with Crippen LogP contribution in [0.5, 0.6) is 0 Å². The molecule has 0 radical (unpaired) electrons. The number of piperidine rings is 1. The first-order chi connectivity index (χ1) is 9.52. The summed E-state index contributed by atoms with van der Waals surface area (Å²) in [6.07, 6.45) is 2.26. The third kappa shape index (κ3) is 3.15. The van der Waals surface area contributed by atoms with Gasteiger partial charge in [0, 0.05) is 12.1 Å². The highest BCUT2D eigenvalue weighted by Crippen LogP contribution is 2.28. The largest absolute Gasteiger partial charge is 0.338 e. The summed E-state index contributed by atoms with van der Waals surface area (Å²) in [5.74, 6) is 0.543. The minimum atomic E-state index is -0.0707. The first-order valence-electron chi connectivity index (χ1n) is 7.27. The molecule has 110 valence electrons. The fraction of sp³-hybridized carbons (Fsp3) is 0.562. The minimum absolute atomic E-state index is 0.0212. The lowest BCUT2D eigenvalue weighted by molar-refractivity contribution is -0.135. The third-order valence-electron chi connectivity index (χ3n) is 4.32. The van der Waals surface area contributed by atoms with Crippen LogP contribution in [-0.2, 0) is 4.79 Å². The van der Waals surface area contributed by atoms with Crippen molar-refractivity contribution in [1.29, 1.82) is 0 Å². The fourth-order valence-electron chi connectivity index (χ4n) is 2.81. The molecule has 1 N–H and O–H groups in total. The second-order valence-electron chi connectivity index (χ2n) is 5.70. The molecule has 3 unspecified atom stereocenters. The molecule has 1 fully saturated rings. The van der Waals surface area contributed by atoms with E-state index in [-0.39, 0.29) is 18.0 Å². The fourth-order valence-corrected chi connectivity index (χ4v) is 3.11. The molecule has 1 aromatic rings. The van der Waals surface area contributed by atoms with Gasteiger partial charge in [0.1, 0.15) is 0 Å². The first-order valence-corrected chi connectivity index (χ1v) is 7.64. The number of nitrogens with zero attached hydrogens (tertiary/aromatic N) is 1. The second-order valence-corrected chi connectivity index (χ2v) is 6.11. The average molecular weight is 295 g/mol. The number of nitrogens with one attached hydrogen (secondary N) is 1. The van der Waals surface area contributed by atoms with E-state index in [9.17, 15) is 4.79 Å². The summed E-state index contributed by atoms with van der Waals surface area (Å²) in [4.78, 5) is 14.5. The van der Waals surface area contributed by atoms with Crippen LogP contribution in [0.4, 0.5) is 0 Å². The number of amides is 1. The maximum absolute atomic E-state index is 12.7. The maximum Gasteiger partial charge on any atom is 0.240 e. The highest BCUT2D eigenvalue weighted by atomic mass is 35.5. The van der Waals surface area contributed by atoms with E-state index in [2.05, 4.69) is 12.2 Å². The van der Waals surface area contributed by atoms with Gasteiger partial charge in [-0.25, -0.2) is 0 Å². The van der Waals surface area contributed by atoms with Crippen molar-refractivity contribution in [3.63, 3.8) is 0 Å². The van der Waals surface area contributed by atoms with E-state index in [4.69, 9.17) is 11.6 Å². The number of carbonyl (C=O) groups is 1. The molecule has 1 aromatic carbocycles. The van der Waals surface area contributed by atoms with E-state index < -0.39 is 0 Å². The van der Waals surface area contributed by atoms with Gasteiger partial charge in [0.05, 0.1) is 12.1 Å². The van der Waals surface area contributed by atoms with Gasteiger partial charge < -0.3 is 10.2 Å². The number of hydrogen-bond acceptors (Lipinski definition) is 2. The van der Waals surface area contributed by atoms with Crippen LogP contribution in [0.15, 0.2) is 24.3 Å². The summed E-state index contributed by atoms with van der Waals surface area (Å²) in [7, 11) is 1.86. The summed E-state index contributed by atoms with van der Waals surface area (Å²) in [5.41, 5.74) is 0.994. The van der Waals surface area contributed by atoms with E-state index in [1.54, 1.807) is 4.90 Å². The molecule has 1 saturated heterocycles.